The maximum Gasteiger partial charge on any atom is 0.417 e. The van der Waals surface area contributed by atoms with Crippen LogP contribution in [0.15, 0.2) is 60.7 Å². The minimum absolute atomic E-state index is 0.109. The molecule has 0 bridgehead atoms. The van der Waals surface area contributed by atoms with Gasteiger partial charge in [0.05, 0.1) is 13.2 Å². The Hall–Kier alpha value is -2.70. The van der Waals surface area contributed by atoms with Crippen molar-refractivity contribution in [3.05, 3.63) is 71.8 Å². The third-order valence-corrected chi connectivity index (χ3v) is 4.33. The fourth-order valence-electron chi connectivity index (χ4n) is 2.97. The van der Waals surface area contributed by atoms with Gasteiger partial charge in [-0.05, 0) is 25.0 Å². The molecule has 1 aliphatic rings. The number of amides is 2. The molecule has 1 N–H and O–H groups in total. The normalized spacial score (nSPS) is 18.0. The lowest BCUT2D eigenvalue weighted by atomic mass is 10.0. The van der Waals surface area contributed by atoms with Crippen LogP contribution in [0.25, 0.3) is 0 Å². The van der Waals surface area contributed by atoms with Crippen molar-refractivity contribution >= 4 is 12.0 Å². The Bertz CT molecular complexity index is 791. The molecule has 0 saturated carbocycles. The van der Waals surface area contributed by atoms with Crippen LogP contribution in [-0.2, 0) is 20.9 Å². The summed E-state index contributed by atoms with van der Waals surface area (Å²) in [5.41, 5.74) is 0.629. The first kappa shape index (κ1) is 19.1. The zero-order valence-electron chi connectivity index (χ0n) is 15.4. The molecule has 2 aromatic rings. The Morgan fingerprint density at radius 1 is 1.15 bits per heavy atom. The van der Waals surface area contributed by atoms with Gasteiger partial charge in [-0.3, -0.25) is 4.79 Å². The highest BCUT2D eigenvalue weighted by Gasteiger charge is 2.45. The minimum atomic E-state index is -1.23. The number of aliphatic hydroxyl groups is 1. The van der Waals surface area contributed by atoms with Gasteiger partial charge in [0.25, 0.3) is 5.91 Å². The molecule has 142 valence electrons. The van der Waals surface area contributed by atoms with Crippen LogP contribution in [0.1, 0.15) is 31.1 Å². The Balaban J connectivity index is 1.82. The molecule has 0 aromatic heterocycles. The van der Waals surface area contributed by atoms with Crippen molar-refractivity contribution < 1.29 is 24.2 Å². The van der Waals surface area contributed by atoms with E-state index in [1.54, 1.807) is 38.1 Å². The molecule has 1 fully saturated rings. The van der Waals surface area contributed by atoms with E-state index in [1.165, 1.54) is 0 Å². The topological polar surface area (TPSA) is 76.1 Å². The van der Waals surface area contributed by atoms with Gasteiger partial charge in [0.15, 0.2) is 6.10 Å². The van der Waals surface area contributed by atoms with E-state index < -0.39 is 29.8 Å². The van der Waals surface area contributed by atoms with Crippen molar-refractivity contribution in [3.8, 4) is 0 Å². The zero-order valence-corrected chi connectivity index (χ0v) is 15.4. The predicted octanol–water partition coefficient (Wildman–Crippen LogP) is 3.06. The van der Waals surface area contributed by atoms with Crippen LogP contribution in [0.2, 0.25) is 0 Å². The number of nitrogens with zero attached hydrogens (tertiary/aromatic N) is 1. The quantitative estimate of drug-likeness (QED) is 0.847. The highest BCUT2D eigenvalue weighted by molar-refractivity contribution is 5.96. The molecule has 1 saturated heterocycles. The van der Waals surface area contributed by atoms with Crippen molar-refractivity contribution in [2.45, 2.75) is 38.3 Å². The molecule has 6 nitrogen and oxygen atoms in total. The van der Waals surface area contributed by atoms with Crippen LogP contribution in [0.3, 0.4) is 0 Å². The van der Waals surface area contributed by atoms with E-state index in [1.807, 2.05) is 36.4 Å². The lowest BCUT2D eigenvalue weighted by Gasteiger charge is -2.25. The average molecular weight is 369 g/mol. The second-order valence-corrected chi connectivity index (χ2v) is 7.12. The molecule has 2 atom stereocenters. The summed E-state index contributed by atoms with van der Waals surface area (Å²) in [6, 6.07) is 18.1. The number of benzene rings is 2. The standard InChI is InChI=1S/C21H23NO5/c1-21(2)14-22(20(25)27-21)19(24)18(17(23)16-11-7-4-8-12-16)26-13-15-9-5-3-6-10-15/h3-12,17-18,23H,13-14H2,1-2H3/t17-,18+/m1/s1. The second-order valence-electron chi connectivity index (χ2n) is 7.12. The van der Waals surface area contributed by atoms with Crippen molar-refractivity contribution in [2.75, 3.05) is 6.54 Å². The van der Waals surface area contributed by atoms with Crippen molar-refractivity contribution in [3.63, 3.8) is 0 Å². The molecule has 1 heterocycles. The molecule has 2 amide bonds. The van der Waals surface area contributed by atoms with Crippen molar-refractivity contribution in [1.82, 2.24) is 4.90 Å². The van der Waals surface area contributed by atoms with Gasteiger partial charge < -0.3 is 14.6 Å². The summed E-state index contributed by atoms with van der Waals surface area (Å²) in [6.07, 6.45) is -3.16. The Morgan fingerprint density at radius 3 is 2.30 bits per heavy atom. The fraction of sp³-hybridized carbons (Fsp3) is 0.333. The number of ether oxygens (including phenoxy) is 2. The molecule has 2 aromatic carbocycles. The van der Waals surface area contributed by atoms with Gasteiger partial charge in [0.2, 0.25) is 0 Å². The SMILES string of the molecule is CC1(C)CN(C(=O)[C@@H](OCc2ccccc2)[C@H](O)c2ccccc2)C(=O)O1. The monoisotopic (exact) mass is 369 g/mol. The molecule has 1 aliphatic heterocycles. The Kier molecular flexibility index (Phi) is 5.58. The third-order valence-electron chi connectivity index (χ3n) is 4.33. The number of cyclic esters (lactones) is 1. The molecule has 0 spiro atoms. The summed E-state index contributed by atoms with van der Waals surface area (Å²) in [7, 11) is 0. The number of imide groups is 1. The van der Waals surface area contributed by atoms with Gasteiger partial charge in [-0.25, -0.2) is 9.69 Å². The predicted molar refractivity (Wildman–Crippen MR) is 98.7 cm³/mol. The number of carbonyl (C=O) groups excluding carboxylic acids is 2. The smallest absolute Gasteiger partial charge is 0.417 e. The van der Waals surface area contributed by atoms with E-state index in [0.717, 1.165) is 10.5 Å². The van der Waals surface area contributed by atoms with E-state index in [4.69, 9.17) is 9.47 Å². The van der Waals surface area contributed by atoms with E-state index in [9.17, 15) is 14.7 Å². The highest BCUT2D eigenvalue weighted by atomic mass is 16.6. The summed E-state index contributed by atoms with van der Waals surface area (Å²) in [5, 5.41) is 10.8. The Morgan fingerprint density at radius 2 is 1.74 bits per heavy atom. The van der Waals surface area contributed by atoms with Gasteiger partial charge in [-0.2, -0.15) is 0 Å². The number of hydrogen-bond donors (Lipinski definition) is 1. The summed E-state index contributed by atoms with van der Waals surface area (Å²) < 4.78 is 11.0. The zero-order chi connectivity index (χ0) is 19.4. The maximum absolute atomic E-state index is 13.0. The number of aliphatic hydroxyl groups excluding tert-OH is 1. The largest absolute Gasteiger partial charge is 0.441 e. The first-order valence-electron chi connectivity index (χ1n) is 8.80. The second kappa shape index (κ2) is 7.90. The maximum atomic E-state index is 13.0. The van der Waals surface area contributed by atoms with Gasteiger partial charge in [-0.1, -0.05) is 60.7 Å². The van der Waals surface area contributed by atoms with Crippen LogP contribution >= 0.6 is 0 Å². The number of hydrogen-bond acceptors (Lipinski definition) is 5. The van der Waals surface area contributed by atoms with E-state index in [2.05, 4.69) is 0 Å². The minimum Gasteiger partial charge on any atom is -0.441 e. The molecule has 0 radical (unpaired) electrons. The highest BCUT2D eigenvalue weighted by Crippen LogP contribution is 2.27. The van der Waals surface area contributed by atoms with Crippen LogP contribution in [0.5, 0.6) is 0 Å². The summed E-state index contributed by atoms with van der Waals surface area (Å²) in [5.74, 6) is -0.613. The number of rotatable bonds is 6. The van der Waals surface area contributed by atoms with E-state index in [-0.39, 0.29) is 13.2 Å². The molecular weight excluding hydrogens is 346 g/mol. The van der Waals surface area contributed by atoms with Crippen molar-refractivity contribution in [2.24, 2.45) is 0 Å². The lowest BCUT2D eigenvalue weighted by molar-refractivity contribution is -0.150. The fourth-order valence-corrected chi connectivity index (χ4v) is 2.97. The summed E-state index contributed by atoms with van der Waals surface area (Å²) in [6.45, 7) is 3.70. The van der Waals surface area contributed by atoms with Gasteiger partial charge in [0.1, 0.15) is 11.7 Å². The Labute approximate surface area is 158 Å². The third kappa shape index (κ3) is 4.53. The van der Waals surface area contributed by atoms with Gasteiger partial charge in [-0.15, -0.1) is 0 Å². The van der Waals surface area contributed by atoms with Crippen LogP contribution in [0, 0.1) is 0 Å². The molecule has 0 unspecified atom stereocenters. The first-order valence-corrected chi connectivity index (χ1v) is 8.80. The molecular formula is C21H23NO5. The summed E-state index contributed by atoms with van der Waals surface area (Å²) >= 11 is 0. The molecule has 27 heavy (non-hydrogen) atoms. The van der Waals surface area contributed by atoms with E-state index in [0.29, 0.717) is 5.56 Å². The summed E-state index contributed by atoms with van der Waals surface area (Å²) in [4.78, 5) is 26.1. The lowest BCUT2D eigenvalue weighted by Crippen LogP contribution is -2.44. The molecule has 3 rings (SSSR count). The van der Waals surface area contributed by atoms with Crippen LogP contribution in [0.4, 0.5) is 4.79 Å². The van der Waals surface area contributed by atoms with Gasteiger partial charge in [0, 0.05) is 0 Å². The van der Waals surface area contributed by atoms with Crippen LogP contribution < -0.4 is 0 Å². The van der Waals surface area contributed by atoms with E-state index >= 15 is 0 Å². The average Bonchev–Trinajstić information content (AvgIpc) is 2.95. The molecule has 0 aliphatic carbocycles. The number of carbonyl (C=O) groups is 2. The van der Waals surface area contributed by atoms with Crippen LogP contribution in [-0.4, -0.2) is 40.3 Å². The molecule has 6 heteroatoms. The first-order chi connectivity index (χ1) is 12.9. The van der Waals surface area contributed by atoms with Gasteiger partial charge >= 0.3 is 6.09 Å². The van der Waals surface area contributed by atoms with Crippen molar-refractivity contribution in [1.29, 1.82) is 0 Å².